The minimum absolute atomic E-state index is 0.157. The van der Waals surface area contributed by atoms with Crippen molar-refractivity contribution in [3.05, 3.63) is 81.5 Å². The van der Waals surface area contributed by atoms with Crippen LogP contribution in [0.15, 0.2) is 70.3 Å². The molecule has 0 atom stereocenters. The number of hydrogen-bond acceptors (Lipinski definition) is 8. The van der Waals surface area contributed by atoms with Gasteiger partial charge in [0.25, 0.3) is 5.56 Å². The summed E-state index contributed by atoms with van der Waals surface area (Å²) in [6.07, 6.45) is -1.65. The molecule has 3 N–H and O–H groups in total. The molecule has 194 valence electrons. The number of carboxylic acid groups (broad SMARTS) is 1. The van der Waals surface area contributed by atoms with Gasteiger partial charge in [-0.05, 0) is 11.5 Å². The lowest BCUT2D eigenvalue weighted by Gasteiger charge is -2.24. The number of nitrogen functional groups attached to an aromatic ring is 1. The SMILES string of the molecule is CC(=O)Oc1cc(OC(C)=O)cc(N(C(=O)O)c2c(N)n(-c3cccc4ccccc34)c(=O)n(C)c2=O)c1. The fourth-order valence-corrected chi connectivity index (χ4v) is 4.03. The van der Waals surface area contributed by atoms with Crippen molar-refractivity contribution in [2.45, 2.75) is 13.8 Å². The molecule has 0 bridgehead atoms. The lowest BCUT2D eigenvalue weighted by molar-refractivity contribution is -0.132. The average Bonchev–Trinajstić information content (AvgIpc) is 2.84. The Morgan fingerprint density at radius 2 is 1.47 bits per heavy atom. The summed E-state index contributed by atoms with van der Waals surface area (Å²) < 4.78 is 11.9. The summed E-state index contributed by atoms with van der Waals surface area (Å²) in [6, 6.07) is 15.8. The maximum Gasteiger partial charge on any atom is 0.416 e. The van der Waals surface area contributed by atoms with Gasteiger partial charge in [-0.3, -0.25) is 19.0 Å². The second-order valence-corrected chi connectivity index (χ2v) is 8.18. The summed E-state index contributed by atoms with van der Waals surface area (Å²) in [4.78, 5) is 62.7. The van der Waals surface area contributed by atoms with E-state index in [0.29, 0.717) is 16.0 Å². The molecule has 1 amide bonds. The summed E-state index contributed by atoms with van der Waals surface area (Å²) >= 11 is 0. The van der Waals surface area contributed by atoms with E-state index < -0.39 is 40.8 Å². The number of carbonyl (C=O) groups excluding carboxylic acids is 2. The predicted molar refractivity (Wildman–Crippen MR) is 138 cm³/mol. The monoisotopic (exact) mass is 518 g/mol. The first kappa shape index (κ1) is 25.7. The van der Waals surface area contributed by atoms with E-state index in [1.165, 1.54) is 13.1 Å². The molecule has 4 rings (SSSR count). The van der Waals surface area contributed by atoms with E-state index in [1.54, 1.807) is 24.3 Å². The van der Waals surface area contributed by atoms with Gasteiger partial charge in [0, 0.05) is 44.5 Å². The number of benzene rings is 3. The largest absolute Gasteiger partial charge is 0.464 e. The van der Waals surface area contributed by atoms with Crippen molar-refractivity contribution in [1.82, 2.24) is 9.13 Å². The summed E-state index contributed by atoms with van der Waals surface area (Å²) in [6.45, 7) is 2.25. The molecule has 0 saturated heterocycles. The number of carbonyl (C=O) groups is 3. The third-order valence-electron chi connectivity index (χ3n) is 5.54. The minimum Gasteiger partial charge on any atom is -0.464 e. The molecule has 38 heavy (non-hydrogen) atoms. The Kier molecular flexibility index (Phi) is 6.72. The van der Waals surface area contributed by atoms with Gasteiger partial charge in [0.15, 0.2) is 5.69 Å². The summed E-state index contributed by atoms with van der Waals surface area (Å²) in [5, 5.41) is 11.6. The molecule has 3 aromatic carbocycles. The molecule has 0 spiro atoms. The number of nitrogens with zero attached hydrogens (tertiary/aromatic N) is 3. The first-order valence-electron chi connectivity index (χ1n) is 11.1. The lowest BCUT2D eigenvalue weighted by Crippen LogP contribution is -2.43. The van der Waals surface area contributed by atoms with Crippen LogP contribution < -0.4 is 31.4 Å². The molecule has 0 fully saturated rings. The molecule has 12 heteroatoms. The highest BCUT2D eigenvalue weighted by molar-refractivity contribution is 5.99. The number of hydrogen-bond donors (Lipinski definition) is 2. The summed E-state index contributed by atoms with van der Waals surface area (Å²) in [7, 11) is 1.19. The van der Waals surface area contributed by atoms with Crippen molar-refractivity contribution in [3.8, 4) is 17.2 Å². The van der Waals surface area contributed by atoms with E-state index in [0.717, 1.165) is 40.5 Å². The third kappa shape index (κ3) is 4.69. The number of amides is 1. The van der Waals surface area contributed by atoms with Gasteiger partial charge in [-0.15, -0.1) is 0 Å². The van der Waals surface area contributed by atoms with E-state index >= 15 is 0 Å². The van der Waals surface area contributed by atoms with Gasteiger partial charge in [-0.2, -0.15) is 0 Å². The number of anilines is 3. The first-order chi connectivity index (χ1) is 18.0. The molecular weight excluding hydrogens is 496 g/mol. The van der Waals surface area contributed by atoms with Gasteiger partial charge in [-0.1, -0.05) is 36.4 Å². The molecule has 0 aliphatic rings. The smallest absolute Gasteiger partial charge is 0.416 e. The highest BCUT2D eigenvalue weighted by Gasteiger charge is 2.29. The van der Waals surface area contributed by atoms with Crippen molar-refractivity contribution < 1.29 is 29.0 Å². The standard InChI is InChI=1S/C26H22N4O8/c1-14(31)37-18-11-17(12-19(13-18)38-15(2)32)29(26(35)36)22-23(27)30(25(34)28(3)24(22)33)21-10-6-8-16-7-4-5-9-20(16)21/h4-13H,27H2,1-3H3,(H,35,36). The van der Waals surface area contributed by atoms with E-state index in [1.807, 2.05) is 18.2 Å². The Balaban J connectivity index is 2.05. The minimum atomic E-state index is -1.65. The van der Waals surface area contributed by atoms with Crippen molar-refractivity contribution in [1.29, 1.82) is 0 Å². The number of esters is 2. The Morgan fingerprint density at radius 1 is 0.895 bits per heavy atom. The summed E-state index contributed by atoms with van der Waals surface area (Å²) in [5.41, 5.74) is 4.08. The zero-order chi connectivity index (χ0) is 27.7. The highest BCUT2D eigenvalue weighted by Crippen LogP contribution is 2.35. The molecule has 1 heterocycles. The van der Waals surface area contributed by atoms with Crippen LogP contribution in [-0.4, -0.2) is 32.3 Å². The topological polar surface area (TPSA) is 163 Å². The van der Waals surface area contributed by atoms with Crippen LogP contribution in [0.1, 0.15) is 13.8 Å². The van der Waals surface area contributed by atoms with Gasteiger partial charge >= 0.3 is 23.7 Å². The Morgan fingerprint density at radius 3 is 2.05 bits per heavy atom. The van der Waals surface area contributed by atoms with Gasteiger partial charge < -0.3 is 20.3 Å². The van der Waals surface area contributed by atoms with Crippen LogP contribution in [0.3, 0.4) is 0 Å². The van der Waals surface area contributed by atoms with Crippen LogP contribution in [0.25, 0.3) is 16.5 Å². The number of aromatic nitrogens is 2. The predicted octanol–water partition coefficient (Wildman–Crippen LogP) is 2.94. The van der Waals surface area contributed by atoms with Gasteiger partial charge in [0.1, 0.15) is 17.3 Å². The average molecular weight is 518 g/mol. The molecule has 4 aromatic rings. The lowest BCUT2D eigenvalue weighted by atomic mass is 10.1. The van der Waals surface area contributed by atoms with E-state index in [4.69, 9.17) is 15.2 Å². The second-order valence-electron chi connectivity index (χ2n) is 8.18. The fraction of sp³-hybridized carbons (Fsp3) is 0.115. The molecule has 0 aliphatic heterocycles. The van der Waals surface area contributed by atoms with Crippen LogP contribution in [-0.2, 0) is 16.6 Å². The zero-order valence-electron chi connectivity index (χ0n) is 20.5. The quantitative estimate of drug-likeness (QED) is 0.299. The third-order valence-corrected chi connectivity index (χ3v) is 5.54. The second kappa shape index (κ2) is 9.93. The number of rotatable bonds is 5. The van der Waals surface area contributed by atoms with Gasteiger partial charge in [0.05, 0.1) is 11.4 Å². The molecule has 0 saturated carbocycles. The number of ether oxygens (including phenoxy) is 2. The molecule has 0 aliphatic carbocycles. The van der Waals surface area contributed by atoms with Crippen LogP contribution in [0, 0.1) is 0 Å². The zero-order valence-corrected chi connectivity index (χ0v) is 20.5. The molecule has 0 unspecified atom stereocenters. The maximum absolute atomic E-state index is 13.3. The van der Waals surface area contributed by atoms with Crippen molar-refractivity contribution >= 4 is 46.0 Å². The van der Waals surface area contributed by atoms with E-state index in [9.17, 15) is 29.1 Å². The summed E-state index contributed by atoms with van der Waals surface area (Å²) in [5.74, 6) is -2.22. The normalized spacial score (nSPS) is 10.7. The van der Waals surface area contributed by atoms with Crippen molar-refractivity contribution in [2.24, 2.45) is 7.05 Å². The van der Waals surface area contributed by atoms with E-state index in [2.05, 4.69) is 0 Å². The van der Waals surface area contributed by atoms with Gasteiger partial charge in [-0.25, -0.2) is 19.1 Å². The molecule has 0 radical (unpaired) electrons. The van der Waals surface area contributed by atoms with Crippen LogP contribution in [0.5, 0.6) is 11.5 Å². The highest BCUT2D eigenvalue weighted by atomic mass is 16.5. The maximum atomic E-state index is 13.3. The fourth-order valence-electron chi connectivity index (χ4n) is 4.03. The van der Waals surface area contributed by atoms with Crippen LogP contribution in [0.4, 0.5) is 22.0 Å². The first-order valence-corrected chi connectivity index (χ1v) is 11.1. The molecular formula is C26H22N4O8. The Hall–Kier alpha value is -5.39. The number of fused-ring (bicyclic) bond motifs is 1. The molecule has 12 nitrogen and oxygen atoms in total. The van der Waals surface area contributed by atoms with Crippen molar-refractivity contribution in [3.63, 3.8) is 0 Å². The van der Waals surface area contributed by atoms with Crippen LogP contribution >= 0.6 is 0 Å². The van der Waals surface area contributed by atoms with Gasteiger partial charge in [0.2, 0.25) is 0 Å². The molecule has 1 aromatic heterocycles. The van der Waals surface area contributed by atoms with Crippen LogP contribution in [0.2, 0.25) is 0 Å². The Labute approximate surface area is 214 Å². The van der Waals surface area contributed by atoms with Crippen molar-refractivity contribution in [2.75, 3.05) is 10.6 Å². The number of nitrogens with two attached hydrogens (primary N) is 1. The van der Waals surface area contributed by atoms with E-state index in [-0.39, 0.29) is 17.2 Å². The Bertz CT molecular complexity index is 1700.